The summed E-state index contributed by atoms with van der Waals surface area (Å²) in [4.78, 5) is 0. The van der Waals surface area contributed by atoms with Crippen molar-refractivity contribution < 1.29 is 13.5 Å². The topological polar surface area (TPSA) is 66.4 Å². The quantitative estimate of drug-likeness (QED) is 0.712. The molecule has 1 aromatic heterocycles. The molecule has 4 nitrogen and oxygen atoms in total. The molecule has 7 heteroatoms. The number of nitrogens with one attached hydrogen (secondary N) is 1. The smallest absolute Gasteiger partial charge is 0.271 e. The van der Waals surface area contributed by atoms with E-state index >= 15 is 0 Å². The zero-order valence-corrected chi connectivity index (χ0v) is 13.8. The molecule has 0 unspecified atom stereocenters. The number of rotatable bonds is 3. The van der Waals surface area contributed by atoms with Gasteiger partial charge in [-0.05, 0) is 51.6 Å². The highest BCUT2D eigenvalue weighted by molar-refractivity contribution is 9.11. The Hall–Kier alpha value is -1.57. The second-order valence-electron chi connectivity index (χ2n) is 4.38. The van der Waals surface area contributed by atoms with Crippen LogP contribution in [0.2, 0.25) is 0 Å². The highest BCUT2D eigenvalue weighted by Crippen LogP contribution is 2.31. The summed E-state index contributed by atoms with van der Waals surface area (Å²) in [6.45, 7) is 0. The van der Waals surface area contributed by atoms with Gasteiger partial charge in [0.2, 0.25) is 0 Å². The van der Waals surface area contributed by atoms with E-state index in [0.717, 1.165) is 20.5 Å². The van der Waals surface area contributed by atoms with Crippen molar-refractivity contribution in [1.82, 2.24) is 0 Å². The highest BCUT2D eigenvalue weighted by Gasteiger charge is 2.17. The van der Waals surface area contributed by atoms with Gasteiger partial charge in [-0.25, -0.2) is 8.42 Å². The summed E-state index contributed by atoms with van der Waals surface area (Å²) < 4.78 is 28.3. The third-order valence-corrected chi connectivity index (χ3v) is 6.40. The fourth-order valence-electron chi connectivity index (χ4n) is 1.99. The molecule has 1 heterocycles. The molecule has 3 aromatic rings. The molecule has 0 amide bonds. The molecule has 0 saturated heterocycles. The Balaban J connectivity index is 2.08. The number of benzene rings is 2. The number of hydrogen-bond donors (Lipinski definition) is 2. The number of thiophene rings is 1. The van der Waals surface area contributed by atoms with E-state index < -0.39 is 10.0 Å². The molecule has 2 N–H and O–H groups in total. The van der Waals surface area contributed by atoms with Crippen molar-refractivity contribution in [3.63, 3.8) is 0 Å². The molecule has 0 bridgehead atoms. The minimum Gasteiger partial charge on any atom is -0.508 e. The van der Waals surface area contributed by atoms with E-state index in [1.807, 2.05) is 6.07 Å². The number of sulfonamides is 1. The largest absolute Gasteiger partial charge is 0.508 e. The Bertz CT molecular complexity index is 919. The molecular weight excluding hydrogens is 374 g/mol. The van der Waals surface area contributed by atoms with Crippen molar-refractivity contribution in [2.75, 3.05) is 4.72 Å². The maximum atomic E-state index is 12.4. The molecule has 0 aliphatic rings. The number of phenols is 1. The summed E-state index contributed by atoms with van der Waals surface area (Å²) in [5, 5.41) is 11.1. The number of phenolic OH excluding ortho intramolecular Hbond substituents is 1. The van der Waals surface area contributed by atoms with Crippen LogP contribution < -0.4 is 4.72 Å². The van der Waals surface area contributed by atoms with Gasteiger partial charge in [0, 0.05) is 5.39 Å². The Morgan fingerprint density at radius 2 is 1.90 bits per heavy atom. The number of anilines is 1. The lowest BCUT2D eigenvalue weighted by Gasteiger charge is -2.09. The van der Waals surface area contributed by atoms with Crippen molar-refractivity contribution in [2.45, 2.75) is 4.21 Å². The maximum Gasteiger partial charge on any atom is 0.271 e. The van der Waals surface area contributed by atoms with Gasteiger partial charge in [-0.2, -0.15) is 0 Å². The van der Waals surface area contributed by atoms with Crippen LogP contribution in [-0.4, -0.2) is 13.5 Å². The van der Waals surface area contributed by atoms with Crippen LogP contribution in [0.15, 0.2) is 56.5 Å². The molecule has 0 aliphatic carbocycles. The van der Waals surface area contributed by atoms with E-state index in [4.69, 9.17) is 0 Å². The molecule has 0 aliphatic heterocycles. The van der Waals surface area contributed by atoms with Gasteiger partial charge >= 0.3 is 0 Å². The normalized spacial score (nSPS) is 11.7. The minimum absolute atomic E-state index is 0.0908. The zero-order chi connectivity index (χ0) is 15.0. The molecule has 0 atom stereocenters. The average molecular weight is 384 g/mol. The van der Waals surface area contributed by atoms with Gasteiger partial charge in [0.1, 0.15) is 9.96 Å². The van der Waals surface area contributed by atoms with Crippen LogP contribution in [-0.2, 0) is 10.0 Å². The Morgan fingerprint density at radius 1 is 1.10 bits per heavy atom. The lowest BCUT2D eigenvalue weighted by Crippen LogP contribution is -2.11. The van der Waals surface area contributed by atoms with Crippen molar-refractivity contribution in [3.05, 3.63) is 52.3 Å². The molecule has 0 saturated carbocycles. The fraction of sp³-hybridized carbons (Fsp3) is 0. The van der Waals surface area contributed by atoms with Crippen molar-refractivity contribution in [2.24, 2.45) is 0 Å². The second-order valence-corrected chi connectivity index (χ2v) is 8.75. The first-order chi connectivity index (χ1) is 9.95. The zero-order valence-electron chi connectivity index (χ0n) is 10.6. The predicted molar refractivity (Wildman–Crippen MR) is 88.4 cm³/mol. The second kappa shape index (κ2) is 5.32. The number of fused-ring (bicyclic) bond motifs is 1. The Morgan fingerprint density at radius 3 is 2.62 bits per heavy atom. The Labute approximate surface area is 134 Å². The molecule has 0 spiro atoms. The van der Waals surface area contributed by atoms with E-state index in [0.29, 0.717) is 11.1 Å². The summed E-state index contributed by atoms with van der Waals surface area (Å²) in [5.74, 6) is 0.0908. The predicted octanol–water partition coefficient (Wildman–Crippen LogP) is 4.17. The average Bonchev–Trinajstić information content (AvgIpc) is 2.87. The van der Waals surface area contributed by atoms with Gasteiger partial charge in [0.05, 0.1) is 9.47 Å². The van der Waals surface area contributed by atoms with Crippen molar-refractivity contribution >= 4 is 53.7 Å². The fourth-order valence-corrected chi connectivity index (χ4v) is 5.08. The van der Waals surface area contributed by atoms with Crippen LogP contribution in [0.4, 0.5) is 5.69 Å². The Kier molecular flexibility index (Phi) is 3.64. The highest BCUT2D eigenvalue weighted by atomic mass is 79.9. The van der Waals surface area contributed by atoms with Crippen LogP contribution in [0.5, 0.6) is 5.75 Å². The van der Waals surface area contributed by atoms with Crippen molar-refractivity contribution in [1.29, 1.82) is 0 Å². The SMILES string of the molecule is O=S(=O)(Nc1cccc2ccc(O)cc12)c1ccc(Br)s1. The van der Waals surface area contributed by atoms with Crippen LogP contribution in [0.3, 0.4) is 0 Å². The third-order valence-electron chi connectivity index (χ3n) is 2.92. The lowest BCUT2D eigenvalue weighted by atomic mass is 10.1. The van der Waals surface area contributed by atoms with Crippen LogP contribution in [0.1, 0.15) is 0 Å². The third kappa shape index (κ3) is 2.90. The summed E-state index contributed by atoms with van der Waals surface area (Å²) in [6.07, 6.45) is 0. The number of aromatic hydroxyl groups is 1. The summed E-state index contributed by atoms with van der Waals surface area (Å²) in [6, 6.07) is 13.4. The minimum atomic E-state index is -3.64. The van der Waals surface area contributed by atoms with Crippen LogP contribution in [0.25, 0.3) is 10.8 Å². The molecule has 108 valence electrons. The monoisotopic (exact) mass is 383 g/mol. The van der Waals surface area contributed by atoms with Crippen LogP contribution >= 0.6 is 27.3 Å². The summed E-state index contributed by atoms with van der Waals surface area (Å²) in [5.41, 5.74) is 0.438. The first-order valence-electron chi connectivity index (χ1n) is 5.96. The van der Waals surface area contributed by atoms with E-state index in [9.17, 15) is 13.5 Å². The van der Waals surface area contributed by atoms with Gasteiger partial charge in [0.25, 0.3) is 10.0 Å². The number of halogens is 1. The van der Waals surface area contributed by atoms with Gasteiger partial charge < -0.3 is 5.11 Å². The summed E-state index contributed by atoms with van der Waals surface area (Å²) in [7, 11) is -3.64. The standard InChI is InChI=1S/C14H10BrNO3S2/c15-13-6-7-14(20-13)21(18,19)16-12-3-1-2-9-4-5-10(17)8-11(9)12/h1-8,16-17H. The van der Waals surface area contributed by atoms with E-state index in [2.05, 4.69) is 20.7 Å². The van der Waals surface area contributed by atoms with Gasteiger partial charge in [-0.15, -0.1) is 11.3 Å². The number of hydrogen-bond acceptors (Lipinski definition) is 4. The van der Waals surface area contributed by atoms with Crippen LogP contribution in [0, 0.1) is 0 Å². The first-order valence-corrected chi connectivity index (χ1v) is 9.05. The lowest BCUT2D eigenvalue weighted by molar-refractivity contribution is 0.476. The summed E-state index contributed by atoms with van der Waals surface area (Å²) >= 11 is 4.39. The van der Waals surface area contributed by atoms with Gasteiger partial charge in [-0.1, -0.05) is 18.2 Å². The molecule has 21 heavy (non-hydrogen) atoms. The van der Waals surface area contributed by atoms with E-state index in [-0.39, 0.29) is 9.96 Å². The molecule has 3 rings (SSSR count). The van der Waals surface area contributed by atoms with Crippen molar-refractivity contribution in [3.8, 4) is 5.75 Å². The van der Waals surface area contributed by atoms with Gasteiger partial charge in [-0.3, -0.25) is 4.72 Å². The molecule has 2 aromatic carbocycles. The first kappa shape index (κ1) is 14.4. The van der Waals surface area contributed by atoms with E-state index in [1.54, 1.807) is 36.4 Å². The molecule has 0 fully saturated rings. The van der Waals surface area contributed by atoms with E-state index in [1.165, 1.54) is 6.07 Å². The molecule has 0 radical (unpaired) electrons. The molecular formula is C14H10BrNO3S2. The van der Waals surface area contributed by atoms with Gasteiger partial charge in [0.15, 0.2) is 0 Å². The maximum absolute atomic E-state index is 12.4.